The molecule has 0 aromatic carbocycles. The molecule has 0 radical (unpaired) electrons. The molecule has 16 heavy (non-hydrogen) atoms. The van der Waals surface area contributed by atoms with Gasteiger partial charge >= 0.3 is 5.97 Å². The molecule has 6 heteroatoms. The van der Waals surface area contributed by atoms with E-state index in [1.807, 2.05) is 0 Å². The zero-order valence-electron chi connectivity index (χ0n) is 9.06. The first-order valence-corrected chi connectivity index (χ1v) is 6.63. The van der Waals surface area contributed by atoms with Crippen LogP contribution in [0, 0.1) is 0 Å². The van der Waals surface area contributed by atoms with E-state index in [1.54, 1.807) is 0 Å². The van der Waals surface area contributed by atoms with Gasteiger partial charge in [-0.15, -0.1) is 22.0 Å². The van der Waals surface area contributed by atoms with Crippen LogP contribution < -0.4 is 0 Å². The number of aliphatic carboxylic acids is 1. The number of aryl methyl sites for hydroxylation is 1. The van der Waals surface area contributed by atoms with Crippen molar-refractivity contribution >= 4 is 17.7 Å². The van der Waals surface area contributed by atoms with E-state index < -0.39 is 5.97 Å². The monoisotopic (exact) mass is 241 g/mol. The molecule has 0 amide bonds. The number of rotatable bonds is 4. The van der Waals surface area contributed by atoms with Crippen molar-refractivity contribution in [3.8, 4) is 0 Å². The Hall–Kier alpha value is -1.04. The van der Waals surface area contributed by atoms with E-state index in [9.17, 15) is 4.79 Å². The zero-order chi connectivity index (χ0) is 11.4. The summed E-state index contributed by atoms with van der Waals surface area (Å²) in [5, 5.41) is 16.9. The maximum Gasteiger partial charge on any atom is 0.313 e. The lowest BCUT2D eigenvalue weighted by Crippen LogP contribution is -2.06. The number of thioether (sulfide) groups is 1. The highest BCUT2D eigenvalue weighted by Crippen LogP contribution is 2.17. The van der Waals surface area contributed by atoms with Crippen molar-refractivity contribution in [3.05, 3.63) is 11.6 Å². The standard InChI is InChI=1S/C10H15N3O2S/c14-10(15)7-16-6-9-12-11-8-4-2-1-3-5-13(8)9/h1-7H2,(H,14,15). The molecule has 0 fully saturated rings. The zero-order valence-corrected chi connectivity index (χ0v) is 9.87. The second-order valence-electron chi connectivity index (χ2n) is 3.88. The summed E-state index contributed by atoms with van der Waals surface area (Å²) in [6, 6.07) is 0. The summed E-state index contributed by atoms with van der Waals surface area (Å²) in [7, 11) is 0. The molecule has 88 valence electrons. The molecule has 0 atom stereocenters. The molecule has 0 spiro atoms. The van der Waals surface area contributed by atoms with Crippen molar-refractivity contribution in [2.75, 3.05) is 5.75 Å². The lowest BCUT2D eigenvalue weighted by Gasteiger charge is -2.05. The second kappa shape index (κ2) is 5.34. The molecule has 1 aliphatic heterocycles. The number of nitrogens with zero attached hydrogens (tertiary/aromatic N) is 3. The van der Waals surface area contributed by atoms with E-state index in [0.29, 0.717) is 5.75 Å². The number of carboxylic acids is 1. The van der Waals surface area contributed by atoms with Gasteiger partial charge in [0.1, 0.15) is 11.6 Å². The SMILES string of the molecule is O=C(O)CSCc1nnc2n1CCCCC2. The first-order chi connectivity index (χ1) is 7.77. The maximum atomic E-state index is 10.4. The predicted molar refractivity (Wildman–Crippen MR) is 61.4 cm³/mol. The van der Waals surface area contributed by atoms with Gasteiger partial charge in [-0.3, -0.25) is 4.79 Å². The van der Waals surface area contributed by atoms with Crippen molar-refractivity contribution in [1.29, 1.82) is 0 Å². The smallest absolute Gasteiger partial charge is 0.313 e. The Bertz CT molecular complexity index is 378. The van der Waals surface area contributed by atoms with Gasteiger partial charge in [0.05, 0.1) is 11.5 Å². The van der Waals surface area contributed by atoms with Gasteiger partial charge in [0.15, 0.2) is 0 Å². The van der Waals surface area contributed by atoms with Crippen molar-refractivity contribution in [3.63, 3.8) is 0 Å². The van der Waals surface area contributed by atoms with Crippen LogP contribution in [-0.4, -0.2) is 31.6 Å². The average Bonchev–Trinajstić information content (AvgIpc) is 2.49. The van der Waals surface area contributed by atoms with Crippen LogP contribution in [0.5, 0.6) is 0 Å². The topological polar surface area (TPSA) is 68.0 Å². The third-order valence-corrected chi connectivity index (χ3v) is 3.56. The minimum absolute atomic E-state index is 0.127. The van der Waals surface area contributed by atoms with E-state index in [-0.39, 0.29) is 5.75 Å². The van der Waals surface area contributed by atoms with Crippen LogP contribution in [0.2, 0.25) is 0 Å². The molecule has 0 saturated heterocycles. The van der Waals surface area contributed by atoms with Crippen LogP contribution in [0.25, 0.3) is 0 Å². The highest BCUT2D eigenvalue weighted by atomic mass is 32.2. The summed E-state index contributed by atoms with van der Waals surface area (Å²) in [5.41, 5.74) is 0. The number of aromatic nitrogens is 3. The first kappa shape index (κ1) is 11.4. The fourth-order valence-electron chi connectivity index (χ4n) is 1.88. The van der Waals surface area contributed by atoms with Gasteiger partial charge in [0.2, 0.25) is 0 Å². The van der Waals surface area contributed by atoms with E-state index in [0.717, 1.165) is 24.6 Å². The molecule has 1 N–H and O–H groups in total. The molecule has 1 aromatic rings. The molecule has 2 rings (SSSR count). The van der Waals surface area contributed by atoms with Crippen LogP contribution in [0.15, 0.2) is 0 Å². The first-order valence-electron chi connectivity index (χ1n) is 5.48. The Morgan fingerprint density at radius 2 is 2.25 bits per heavy atom. The second-order valence-corrected chi connectivity index (χ2v) is 4.87. The summed E-state index contributed by atoms with van der Waals surface area (Å²) in [4.78, 5) is 10.4. The van der Waals surface area contributed by atoms with E-state index >= 15 is 0 Å². The fourth-order valence-corrected chi connectivity index (χ4v) is 2.55. The molecular formula is C10H15N3O2S. The van der Waals surface area contributed by atoms with Gasteiger partial charge in [0, 0.05) is 13.0 Å². The summed E-state index contributed by atoms with van der Waals surface area (Å²) in [6.45, 7) is 0.977. The minimum atomic E-state index is -0.777. The normalized spacial score (nSPS) is 15.5. The van der Waals surface area contributed by atoms with Gasteiger partial charge in [-0.1, -0.05) is 6.42 Å². The lowest BCUT2D eigenvalue weighted by atomic mass is 10.2. The number of carbonyl (C=O) groups is 1. The Morgan fingerprint density at radius 1 is 1.38 bits per heavy atom. The summed E-state index contributed by atoms with van der Waals surface area (Å²) in [6.07, 6.45) is 4.59. The molecule has 0 bridgehead atoms. The Balaban J connectivity index is 1.99. The van der Waals surface area contributed by atoms with Crippen LogP contribution in [0.1, 0.15) is 30.9 Å². The van der Waals surface area contributed by atoms with Crippen molar-refractivity contribution in [2.24, 2.45) is 0 Å². The van der Waals surface area contributed by atoms with Crippen LogP contribution in [-0.2, 0) is 23.5 Å². The van der Waals surface area contributed by atoms with Crippen LogP contribution in [0.3, 0.4) is 0 Å². The number of carboxylic acid groups (broad SMARTS) is 1. The Labute approximate surface area is 98.3 Å². The van der Waals surface area contributed by atoms with Crippen molar-refractivity contribution in [2.45, 2.75) is 38.0 Å². The van der Waals surface area contributed by atoms with E-state index in [4.69, 9.17) is 5.11 Å². The largest absolute Gasteiger partial charge is 0.481 e. The summed E-state index contributed by atoms with van der Waals surface area (Å²) >= 11 is 1.38. The van der Waals surface area contributed by atoms with Gasteiger partial charge < -0.3 is 9.67 Å². The number of fused-ring (bicyclic) bond motifs is 1. The van der Waals surface area contributed by atoms with Crippen LogP contribution >= 0.6 is 11.8 Å². The van der Waals surface area contributed by atoms with E-state index in [2.05, 4.69) is 14.8 Å². The molecule has 0 saturated carbocycles. The quantitative estimate of drug-likeness (QED) is 0.861. The van der Waals surface area contributed by atoms with Gasteiger partial charge in [-0.05, 0) is 12.8 Å². The molecule has 0 unspecified atom stereocenters. The molecule has 1 aliphatic rings. The lowest BCUT2D eigenvalue weighted by molar-refractivity contribution is -0.133. The minimum Gasteiger partial charge on any atom is -0.481 e. The van der Waals surface area contributed by atoms with Crippen LogP contribution in [0.4, 0.5) is 0 Å². The van der Waals surface area contributed by atoms with Crippen molar-refractivity contribution < 1.29 is 9.90 Å². The van der Waals surface area contributed by atoms with Gasteiger partial charge in [-0.2, -0.15) is 0 Å². The highest BCUT2D eigenvalue weighted by Gasteiger charge is 2.14. The third kappa shape index (κ3) is 2.75. The summed E-state index contributed by atoms with van der Waals surface area (Å²) < 4.78 is 2.15. The predicted octanol–water partition coefficient (Wildman–Crippen LogP) is 1.32. The Morgan fingerprint density at radius 3 is 3.06 bits per heavy atom. The average molecular weight is 241 g/mol. The maximum absolute atomic E-state index is 10.4. The number of hydrogen-bond donors (Lipinski definition) is 1. The van der Waals surface area contributed by atoms with E-state index in [1.165, 1.54) is 31.0 Å². The van der Waals surface area contributed by atoms with Crippen molar-refractivity contribution in [1.82, 2.24) is 14.8 Å². The highest BCUT2D eigenvalue weighted by molar-refractivity contribution is 7.99. The van der Waals surface area contributed by atoms with Gasteiger partial charge in [0.25, 0.3) is 0 Å². The molecule has 0 aliphatic carbocycles. The third-order valence-electron chi connectivity index (χ3n) is 2.64. The summed E-state index contributed by atoms with van der Waals surface area (Å²) in [5.74, 6) is 1.97. The molecule has 2 heterocycles. The Kier molecular flexibility index (Phi) is 3.82. The van der Waals surface area contributed by atoms with Gasteiger partial charge in [-0.25, -0.2) is 0 Å². The molecule has 1 aromatic heterocycles. The fraction of sp³-hybridized carbons (Fsp3) is 0.700. The number of hydrogen-bond acceptors (Lipinski definition) is 4. The molecule has 5 nitrogen and oxygen atoms in total. The molecular weight excluding hydrogens is 226 g/mol.